The molecule has 2 aliphatic carbocycles. The van der Waals surface area contributed by atoms with E-state index in [0.717, 1.165) is 6.42 Å². The highest BCUT2D eigenvalue weighted by atomic mass is 16.2. The normalized spacial score (nSPS) is 35.7. The molecule has 0 bridgehead atoms. The summed E-state index contributed by atoms with van der Waals surface area (Å²) in [6.45, 7) is 0.589. The lowest BCUT2D eigenvalue weighted by Crippen LogP contribution is -2.44. The number of carbonyl (C=O) groups excluding carboxylic acids is 2. The Balaban J connectivity index is 1.67. The number of nitrogens with zero attached hydrogens (tertiary/aromatic N) is 1. The van der Waals surface area contributed by atoms with Crippen molar-refractivity contribution in [1.29, 1.82) is 0 Å². The van der Waals surface area contributed by atoms with Crippen molar-refractivity contribution < 1.29 is 9.59 Å². The minimum Gasteiger partial charge on any atom is -0.315 e. The third-order valence-electron chi connectivity index (χ3n) is 3.90. The zero-order chi connectivity index (χ0) is 10.6. The average molecular weight is 208 g/mol. The zero-order valence-electron chi connectivity index (χ0n) is 8.90. The third-order valence-corrected chi connectivity index (χ3v) is 3.90. The van der Waals surface area contributed by atoms with Gasteiger partial charge in [0, 0.05) is 12.6 Å². The van der Waals surface area contributed by atoms with E-state index in [1.54, 1.807) is 0 Å². The van der Waals surface area contributed by atoms with Crippen LogP contribution in [0.5, 0.6) is 0 Å². The van der Waals surface area contributed by atoms with Crippen LogP contribution in [0.2, 0.25) is 0 Å². The van der Waals surface area contributed by atoms with E-state index in [9.17, 15) is 9.59 Å². The van der Waals surface area contributed by atoms with Crippen molar-refractivity contribution in [2.45, 2.75) is 25.3 Å². The molecular formula is C11H16N2O2. The fourth-order valence-corrected chi connectivity index (χ4v) is 2.60. The molecule has 0 radical (unpaired) electrons. The molecule has 0 aromatic heterocycles. The molecule has 1 aliphatic heterocycles. The summed E-state index contributed by atoms with van der Waals surface area (Å²) in [6, 6.07) is 0.315. The third kappa shape index (κ3) is 1.39. The van der Waals surface area contributed by atoms with Crippen LogP contribution in [0, 0.1) is 17.8 Å². The minimum absolute atomic E-state index is 0.0502. The van der Waals surface area contributed by atoms with Crippen molar-refractivity contribution in [3.05, 3.63) is 0 Å². The van der Waals surface area contributed by atoms with Crippen LogP contribution in [0.1, 0.15) is 19.3 Å². The van der Waals surface area contributed by atoms with Crippen LogP contribution in [0.4, 0.5) is 0 Å². The molecule has 0 aromatic carbocycles. The van der Waals surface area contributed by atoms with Gasteiger partial charge in [0.05, 0.1) is 11.8 Å². The molecule has 1 saturated heterocycles. The summed E-state index contributed by atoms with van der Waals surface area (Å²) in [5.41, 5.74) is 0. The molecule has 3 aliphatic rings. The summed E-state index contributed by atoms with van der Waals surface area (Å²) in [7, 11) is 1.91. The second kappa shape index (κ2) is 3.04. The fraction of sp³-hybridized carbons (Fsp3) is 0.818. The van der Waals surface area contributed by atoms with E-state index in [1.165, 1.54) is 17.7 Å². The number of carbonyl (C=O) groups is 2. The minimum atomic E-state index is 0.0502. The van der Waals surface area contributed by atoms with Crippen molar-refractivity contribution in [2.75, 3.05) is 13.6 Å². The highest BCUT2D eigenvalue weighted by Gasteiger charge is 2.59. The topological polar surface area (TPSA) is 49.4 Å². The Hall–Kier alpha value is -0.900. The van der Waals surface area contributed by atoms with E-state index >= 15 is 0 Å². The summed E-state index contributed by atoms with van der Waals surface area (Å²) in [5.74, 6) is 0.924. The quantitative estimate of drug-likeness (QED) is 0.661. The lowest BCUT2D eigenvalue weighted by molar-refractivity contribution is -0.141. The molecule has 4 nitrogen and oxygen atoms in total. The van der Waals surface area contributed by atoms with Crippen LogP contribution in [-0.4, -0.2) is 36.3 Å². The predicted octanol–water partition coefficient (Wildman–Crippen LogP) is -0.0107. The van der Waals surface area contributed by atoms with Gasteiger partial charge < -0.3 is 5.32 Å². The standard InChI is InChI=1S/C11H16N2O2/c1-12-9(6-2-3-6)5-13-10(14)7-4-8(7)11(13)15/h6-9,12H,2-5H2,1H3. The van der Waals surface area contributed by atoms with Gasteiger partial charge in [-0.1, -0.05) is 0 Å². The van der Waals surface area contributed by atoms with Crippen LogP contribution in [0.3, 0.4) is 0 Å². The van der Waals surface area contributed by atoms with Gasteiger partial charge in [0.1, 0.15) is 0 Å². The first-order valence-corrected chi connectivity index (χ1v) is 5.75. The molecule has 3 fully saturated rings. The molecule has 1 N–H and O–H groups in total. The Labute approximate surface area is 89.0 Å². The van der Waals surface area contributed by atoms with Gasteiger partial charge >= 0.3 is 0 Å². The number of amides is 2. The van der Waals surface area contributed by atoms with Crippen LogP contribution in [-0.2, 0) is 9.59 Å². The molecular weight excluding hydrogens is 192 g/mol. The fourth-order valence-electron chi connectivity index (χ4n) is 2.60. The number of hydrogen-bond donors (Lipinski definition) is 1. The second-order valence-corrected chi connectivity index (χ2v) is 4.97. The lowest BCUT2D eigenvalue weighted by atomic mass is 10.1. The lowest BCUT2D eigenvalue weighted by Gasteiger charge is -2.23. The molecule has 0 spiro atoms. The van der Waals surface area contributed by atoms with Gasteiger partial charge in [-0.05, 0) is 32.2 Å². The molecule has 4 heteroatoms. The van der Waals surface area contributed by atoms with Crippen LogP contribution in [0.15, 0.2) is 0 Å². The first-order valence-electron chi connectivity index (χ1n) is 5.75. The Morgan fingerprint density at radius 1 is 1.33 bits per heavy atom. The number of rotatable bonds is 4. The van der Waals surface area contributed by atoms with Gasteiger partial charge in [0.2, 0.25) is 11.8 Å². The van der Waals surface area contributed by atoms with Gasteiger partial charge in [-0.3, -0.25) is 14.5 Å². The summed E-state index contributed by atoms with van der Waals surface area (Å²) >= 11 is 0. The predicted molar refractivity (Wildman–Crippen MR) is 53.9 cm³/mol. The highest BCUT2D eigenvalue weighted by Crippen LogP contribution is 2.47. The van der Waals surface area contributed by atoms with Crippen molar-refractivity contribution >= 4 is 11.8 Å². The smallest absolute Gasteiger partial charge is 0.233 e. The van der Waals surface area contributed by atoms with E-state index in [2.05, 4.69) is 5.32 Å². The largest absolute Gasteiger partial charge is 0.315 e. The maximum Gasteiger partial charge on any atom is 0.233 e. The van der Waals surface area contributed by atoms with E-state index in [-0.39, 0.29) is 23.7 Å². The average Bonchev–Trinajstić information content (AvgIpc) is 3.09. The first-order chi connectivity index (χ1) is 7.22. The number of fused-ring (bicyclic) bond motifs is 1. The summed E-state index contributed by atoms with van der Waals surface area (Å²) in [6.07, 6.45) is 3.27. The van der Waals surface area contributed by atoms with E-state index in [4.69, 9.17) is 0 Å². The molecule has 3 atom stereocenters. The number of likely N-dealkylation sites (tertiary alicyclic amines) is 1. The highest BCUT2D eigenvalue weighted by molar-refractivity contribution is 6.08. The van der Waals surface area contributed by atoms with Gasteiger partial charge in [-0.15, -0.1) is 0 Å². The molecule has 1 heterocycles. The molecule has 15 heavy (non-hydrogen) atoms. The molecule has 82 valence electrons. The maximum absolute atomic E-state index is 11.7. The van der Waals surface area contributed by atoms with Crippen LogP contribution < -0.4 is 5.32 Å². The summed E-state index contributed by atoms with van der Waals surface area (Å²) < 4.78 is 0. The number of likely N-dealkylation sites (N-methyl/N-ethyl adjacent to an activating group) is 1. The van der Waals surface area contributed by atoms with E-state index in [1.807, 2.05) is 7.05 Å². The van der Waals surface area contributed by atoms with Crippen molar-refractivity contribution in [2.24, 2.45) is 17.8 Å². The Bertz CT molecular complexity index is 305. The number of imide groups is 1. The van der Waals surface area contributed by atoms with Crippen molar-refractivity contribution in [3.8, 4) is 0 Å². The van der Waals surface area contributed by atoms with Gasteiger partial charge in [-0.25, -0.2) is 0 Å². The molecule has 2 saturated carbocycles. The van der Waals surface area contributed by atoms with Crippen LogP contribution in [0.25, 0.3) is 0 Å². The van der Waals surface area contributed by atoms with Crippen molar-refractivity contribution in [3.63, 3.8) is 0 Å². The Morgan fingerprint density at radius 2 is 1.93 bits per heavy atom. The number of nitrogens with one attached hydrogen (secondary N) is 1. The van der Waals surface area contributed by atoms with E-state index in [0.29, 0.717) is 18.5 Å². The van der Waals surface area contributed by atoms with Crippen molar-refractivity contribution in [1.82, 2.24) is 10.2 Å². The Morgan fingerprint density at radius 3 is 2.40 bits per heavy atom. The molecule has 2 amide bonds. The second-order valence-electron chi connectivity index (χ2n) is 4.97. The zero-order valence-corrected chi connectivity index (χ0v) is 8.90. The van der Waals surface area contributed by atoms with Crippen LogP contribution >= 0.6 is 0 Å². The maximum atomic E-state index is 11.7. The van der Waals surface area contributed by atoms with Gasteiger partial charge in [0.15, 0.2) is 0 Å². The Kier molecular flexibility index (Phi) is 1.89. The monoisotopic (exact) mass is 208 g/mol. The molecule has 0 aromatic rings. The number of piperidine rings is 1. The SMILES string of the molecule is CNC(CN1C(=O)C2CC2C1=O)C1CC1. The van der Waals surface area contributed by atoms with Gasteiger partial charge in [0.25, 0.3) is 0 Å². The number of hydrogen-bond acceptors (Lipinski definition) is 3. The summed E-state index contributed by atoms with van der Waals surface area (Å²) in [5, 5.41) is 3.22. The molecule has 3 unspecified atom stereocenters. The van der Waals surface area contributed by atoms with Gasteiger partial charge in [-0.2, -0.15) is 0 Å². The molecule has 3 rings (SSSR count). The van der Waals surface area contributed by atoms with E-state index < -0.39 is 0 Å². The first kappa shape index (κ1) is 9.33. The summed E-state index contributed by atoms with van der Waals surface area (Å²) in [4.78, 5) is 24.9.